The lowest BCUT2D eigenvalue weighted by molar-refractivity contribution is 0.0105. The van der Waals surface area contributed by atoms with Gasteiger partial charge in [0.15, 0.2) is 12.5 Å². The molecule has 0 spiro atoms. The van der Waals surface area contributed by atoms with E-state index < -0.39 is 5.72 Å². The van der Waals surface area contributed by atoms with Crippen molar-refractivity contribution in [1.29, 1.82) is 0 Å². The molecule has 0 aliphatic rings. The molecule has 3 rings (SSSR count). The van der Waals surface area contributed by atoms with Gasteiger partial charge in [0.05, 0.1) is 0 Å². The van der Waals surface area contributed by atoms with Gasteiger partial charge in [0, 0.05) is 26.3 Å². The first kappa shape index (κ1) is 19.0. The van der Waals surface area contributed by atoms with Gasteiger partial charge in [-0.1, -0.05) is 35.5 Å². The summed E-state index contributed by atoms with van der Waals surface area (Å²) in [7, 11) is 3.34. The lowest BCUT2D eigenvalue weighted by Gasteiger charge is -2.26. The van der Waals surface area contributed by atoms with Crippen LogP contribution in [0.15, 0.2) is 54.6 Å². The van der Waals surface area contributed by atoms with Crippen molar-refractivity contribution in [3.05, 3.63) is 65.9 Å². The molecule has 3 aromatic rings. The van der Waals surface area contributed by atoms with Crippen molar-refractivity contribution < 1.29 is 14.6 Å². The Morgan fingerprint density at radius 1 is 1.11 bits per heavy atom. The van der Waals surface area contributed by atoms with Crippen LogP contribution in [0.1, 0.15) is 18.2 Å². The van der Waals surface area contributed by atoms with Crippen LogP contribution in [0.2, 0.25) is 0 Å². The summed E-state index contributed by atoms with van der Waals surface area (Å²) >= 11 is 0. The minimum absolute atomic E-state index is 0.188. The predicted molar refractivity (Wildman–Crippen MR) is 102 cm³/mol. The highest BCUT2D eigenvalue weighted by molar-refractivity contribution is 5.63. The monoisotopic (exact) mass is 368 g/mol. The van der Waals surface area contributed by atoms with Gasteiger partial charge in [0.25, 0.3) is 0 Å². The van der Waals surface area contributed by atoms with Crippen LogP contribution in [0.3, 0.4) is 0 Å². The van der Waals surface area contributed by atoms with E-state index in [9.17, 15) is 5.11 Å². The summed E-state index contributed by atoms with van der Waals surface area (Å²) in [4.78, 5) is 0. The minimum atomic E-state index is -1.31. The number of nitrogens with one attached hydrogen (secondary N) is 1. The number of hydrogen-bond acceptors (Lipinski definition) is 6. The molecule has 0 fully saturated rings. The van der Waals surface area contributed by atoms with Crippen molar-refractivity contribution >= 4 is 0 Å². The molecule has 2 aromatic carbocycles. The van der Waals surface area contributed by atoms with Crippen molar-refractivity contribution in [2.24, 2.45) is 7.05 Å². The normalized spacial score (nSPS) is 13.3. The third-order valence-electron chi connectivity index (χ3n) is 4.24. The molecule has 0 bridgehead atoms. The van der Waals surface area contributed by atoms with Crippen LogP contribution in [0.4, 0.5) is 0 Å². The molecule has 7 heteroatoms. The molecule has 142 valence electrons. The number of aryl methyl sites for hydroxylation is 1. The fraction of sp³-hybridized carbons (Fsp3) is 0.300. The SMILES string of the molecule is COCOc1ccc(-c2nnn(C)c2C(C)(O)NCc2ccccc2)cc1. The van der Waals surface area contributed by atoms with E-state index in [-0.39, 0.29) is 6.79 Å². The van der Waals surface area contributed by atoms with Crippen molar-refractivity contribution in [2.45, 2.75) is 19.2 Å². The van der Waals surface area contributed by atoms with Gasteiger partial charge in [-0.05, 0) is 36.8 Å². The lowest BCUT2D eigenvalue weighted by atomic mass is 10.0. The second-order valence-corrected chi connectivity index (χ2v) is 6.40. The smallest absolute Gasteiger partial charge is 0.188 e. The van der Waals surface area contributed by atoms with Crippen LogP contribution in [0, 0.1) is 0 Å². The van der Waals surface area contributed by atoms with Gasteiger partial charge in [0.1, 0.15) is 17.1 Å². The third kappa shape index (κ3) is 4.51. The largest absolute Gasteiger partial charge is 0.468 e. The Hall–Kier alpha value is -2.74. The molecule has 27 heavy (non-hydrogen) atoms. The lowest BCUT2D eigenvalue weighted by Crippen LogP contribution is -2.41. The predicted octanol–water partition coefficient (Wildman–Crippen LogP) is 2.42. The molecule has 0 saturated heterocycles. The van der Waals surface area contributed by atoms with Gasteiger partial charge in [-0.2, -0.15) is 0 Å². The van der Waals surface area contributed by atoms with Crippen LogP contribution in [-0.2, 0) is 24.1 Å². The van der Waals surface area contributed by atoms with E-state index in [1.807, 2.05) is 54.6 Å². The van der Waals surface area contributed by atoms with Gasteiger partial charge in [0.2, 0.25) is 0 Å². The highest BCUT2D eigenvalue weighted by atomic mass is 16.7. The van der Waals surface area contributed by atoms with Crippen molar-refractivity contribution in [3.63, 3.8) is 0 Å². The van der Waals surface area contributed by atoms with Crippen molar-refractivity contribution in [2.75, 3.05) is 13.9 Å². The number of aromatic nitrogens is 3. The zero-order valence-electron chi connectivity index (χ0n) is 15.7. The maximum Gasteiger partial charge on any atom is 0.188 e. The topological polar surface area (TPSA) is 81.4 Å². The molecular formula is C20H24N4O3. The first-order valence-corrected chi connectivity index (χ1v) is 8.65. The van der Waals surface area contributed by atoms with Crippen LogP contribution in [0.5, 0.6) is 5.75 Å². The minimum Gasteiger partial charge on any atom is -0.468 e. The highest BCUT2D eigenvalue weighted by Crippen LogP contribution is 2.29. The Kier molecular flexibility index (Phi) is 5.85. The van der Waals surface area contributed by atoms with Crippen molar-refractivity contribution in [3.8, 4) is 17.0 Å². The van der Waals surface area contributed by atoms with Crippen LogP contribution >= 0.6 is 0 Å². The summed E-state index contributed by atoms with van der Waals surface area (Å²) in [6.07, 6.45) is 0. The zero-order valence-corrected chi connectivity index (χ0v) is 15.7. The maximum atomic E-state index is 11.1. The number of ether oxygens (including phenoxy) is 2. The maximum absolute atomic E-state index is 11.1. The molecule has 0 aliphatic carbocycles. The quantitative estimate of drug-likeness (QED) is 0.595. The highest BCUT2D eigenvalue weighted by Gasteiger charge is 2.31. The first-order chi connectivity index (χ1) is 13.0. The average Bonchev–Trinajstić information content (AvgIpc) is 3.08. The number of aliphatic hydroxyl groups is 1. The van der Waals surface area contributed by atoms with E-state index in [1.54, 1.807) is 25.8 Å². The van der Waals surface area contributed by atoms with E-state index in [0.717, 1.165) is 11.1 Å². The molecular weight excluding hydrogens is 344 g/mol. The summed E-state index contributed by atoms with van der Waals surface area (Å²) in [6, 6.07) is 17.3. The molecule has 0 saturated carbocycles. The van der Waals surface area contributed by atoms with Gasteiger partial charge in [-0.3, -0.25) is 5.32 Å². The molecule has 0 amide bonds. The Morgan fingerprint density at radius 3 is 2.48 bits per heavy atom. The van der Waals surface area contributed by atoms with Crippen molar-refractivity contribution in [1.82, 2.24) is 20.3 Å². The number of nitrogens with zero attached hydrogens (tertiary/aromatic N) is 3. The number of hydrogen-bond donors (Lipinski definition) is 2. The number of rotatable bonds is 8. The Balaban J connectivity index is 1.82. The molecule has 0 aliphatic heterocycles. The number of benzene rings is 2. The fourth-order valence-corrected chi connectivity index (χ4v) is 2.89. The molecule has 1 heterocycles. The van der Waals surface area contributed by atoms with Crippen LogP contribution in [-0.4, -0.2) is 34.0 Å². The van der Waals surface area contributed by atoms with Gasteiger partial charge in [-0.25, -0.2) is 4.68 Å². The standard InChI is InChI=1S/C20H24N4O3/c1-20(25,21-13-15-7-5-4-6-8-15)19-18(22-23-24(19)2)16-9-11-17(12-10-16)27-14-26-3/h4-12,21,25H,13-14H2,1-3H3. The zero-order chi connectivity index (χ0) is 19.3. The third-order valence-corrected chi connectivity index (χ3v) is 4.24. The van der Waals surface area contributed by atoms with E-state index in [2.05, 4.69) is 15.6 Å². The molecule has 1 aromatic heterocycles. The summed E-state index contributed by atoms with van der Waals surface area (Å²) < 4.78 is 11.9. The summed E-state index contributed by atoms with van der Waals surface area (Å²) in [5.74, 6) is 0.694. The molecule has 7 nitrogen and oxygen atoms in total. The van der Waals surface area contributed by atoms with Crippen LogP contribution < -0.4 is 10.1 Å². The Morgan fingerprint density at radius 2 is 1.81 bits per heavy atom. The Labute approximate surface area is 158 Å². The number of methoxy groups -OCH3 is 1. The van der Waals surface area contributed by atoms with E-state index in [1.165, 1.54) is 0 Å². The summed E-state index contributed by atoms with van der Waals surface area (Å²) in [6.45, 7) is 2.41. The molecule has 1 unspecified atom stereocenters. The second-order valence-electron chi connectivity index (χ2n) is 6.40. The first-order valence-electron chi connectivity index (χ1n) is 8.65. The van der Waals surface area contributed by atoms with E-state index in [4.69, 9.17) is 9.47 Å². The van der Waals surface area contributed by atoms with Gasteiger partial charge < -0.3 is 14.6 Å². The van der Waals surface area contributed by atoms with E-state index in [0.29, 0.717) is 23.7 Å². The summed E-state index contributed by atoms with van der Waals surface area (Å²) in [5.41, 5.74) is 1.80. The average molecular weight is 368 g/mol. The Bertz CT molecular complexity index is 861. The fourth-order valence-electron chi connectivity index (χ4n) is 2.89. The second kappa shape index (κ2) is 8.30. The van der Waals surface area contributed by atoms with Gasteiger partial charge in [-0.15, -0.1) is 5.10 Å². The molecule has 1 atom stereocenters. The molecule has 2 N–H and O–H groups in total. The molecule has 0 radical (unpaired) electrons. The van der Waals surface area contributed by atoms with E-state index >= 15 is 0 Å². The van der Waals surface area contributed by atoms with Gasteiger partial charge >= 0.3 is 0 Å². The summed E-state index contributed by atoms with van der Waals surface area (Å²) in [5, 5.41) is 22.6. The van der Waals surface area contributed by atoms with Crippen LogP contribution in [0.25, 0.3) is 11.3 Å².